The van der Waals surface area contributed by atoms with Gasteiger partial charge in [-0.3, -0.25) is 5.43 Å². The van der Waals surface area contributed by atoms with E-state index in [9.17, 15) is 0 Å². The molecule has 41 valence electrons. The van der Waals surface area contributed by atoms with Crippen molar-refractivity contribution in [1.82, 2.24) is 10.9 Å². The summed E-state index contributed by atoms with van der Waals surface area (Å²) >= 11 is 0. The summed E-state index contributed by atoms with van der Waals surface area (Å²) in [5.41, 5.74) is 5.70. The van der Waals surface area contributed by atoms with E-state index in [-0.39, 0.29) is 6.23 Å². The van der Waals surface area contributed by atoms with E-state index in [1.807, 2.05) is 6.54 Å². The minimum absolute atomic E-state index is 0.181. The number of hydrazine groups is 1. The first-order valence-corrected chi connectivity index (χ1v) is 2.29. The maximum atomic E-state index is 4.91. The standard InChI is InChI=1S/C4H9N2O/c1-7-4-2-3-5-6-4/h3-6H,2H2,1H3. The number of rotatable bonds is 1. The topological polar surface area (TPSA) is 33.3 Å². The van der Waals surface area contributed by atoms with Crippen molar-refractivity contribution in [3.05, 3.63) is 6.54 Å². The SMILES string of the molecule is COC1C[CH]NN1. The minimum atomic E-state index is 0.181. The Morgan fingerprint density at radius 1 is 1.86 bits per heavy atom. The molecule has 0 bridgehead atoms. The number of ether oxygens (including phenoxy) is 1. The number of hydrogen-bond donors (Lipinski definition) is 2. The third-order valence-electron chi connectivity index (χ3n) is 0.963. The van der Waals surface area contributed by atoms with Gasteiger partial charge in [0.1, 0.15) is 6.23 Å². The van der Waals surface area contributed by atoms with E-state index in [0.717, 1.165) is 6.42 Å². The molecule has 1 unspecified atom stereocenters. The molecule has 3 heteroatoms. The first-order valence-electron chi connectivity index (χ1n) is 2.29. The molecule has 2 N–H and O–H groups in total. The second kappa shape index (κ2) is 2.26. The Bertz CT molecular complexity index is 51.7. The van der Waals surface area contributed by atoms with Crippen molar-refractivity contribution >= 4 is 0 Å². The maximum absolute atomic E-state index is 4.91. The molecule has 7 heavy (non-hydrogen) atoms. The van der Waals surface area contributed by atoms with Crippen LogP contribution in [-0.4, -0.2) is 13.3 Å². The zero-order valence-corrected chi connectivity index (χ0v) is 4.27. The van der Waals surface area contributed by atoms with Gasteiger partial charge in [-0.25, -0.2) is 5.43 Å². The molecule has 0 amide bonds. The van der Waals surface area contributed by atoms with Crippen LogP contribution in [0.5, 0.6) is 0 Å². The van der Waals surface area contributed by atoms with Gasteiger partial charge in [-0.05, 0) is 0 Å². The van der Waals surface area contributed by atoms with Crippen molar-refractivity contribution < 1.29 is 4.74 Å². The van der Waals surface area contributed by atoms with E-state index in [1.165, 1.54) is 0 Å². The lowest BCUT2D eigenvalue weighted by atomic mass is 10.4. The first-order chi connectivity index (χ1) is 3.43. The zero-order chi connectivity index (χ0) is 5.11. The van der Waals surface area contributed by atoms with E-state index in [4.69, 9.17) is 4.74 Å². The average molecular weight is 101 g/mol. The highest BCUT2D eigenvalue weighted by Crippen LogP contribution is 1.97. The summed E-state index contributed by atoms with van der Waals surface area (Å²) in [7, 11) is 1.68. The van der Waals surface area contributed by atoms with Crippen molar-refractivity contribution in [2.24, 2.45) is 0 Å². The second-order valence-corrected chi connectivity index (χ2v) is 1.45. The Morgan fingerprint density at radius 2 is 2.71 bits per heavy atom. The zero-order valence-electron chi connectivity index (χ0n) is 4.27. The molecule has 0 aromatic carbocycles. The summed E-state index contributed by atoms with van der Waals surface area (Å²) in [5, 5.41) is 0. The Hall–Kier alpha value is -0.120. The van der Waals surface area contributed by atoms with Crippen molar-refractivity contribution in [3.63, 3.8) is 0 Å². The van der Waals surface area contributed by atoms with Gasteiger partial charge < -0.3 is 4.74 Å². The molecule has 1 aliphatic heterocycles. The van der Waals surface area contributed by atoms with Gasteiger partial charge in [-0.2, -0.15) is 0 Å². The van der Waals surface area contributed by atoms with Gasteiger partial charge in [0.2, 0.25) is 0 Å². The lowest BCUT2D eigenvalue weighted by molar-refractivity contribution is 0.0869. The molecule has 3 nitrogen and oxygen atoms in total. The summed E-state index contributed by atoms with van der Waals surface area (Å²) in [6.07, 6.45) is 1.12. The van der Waals surface area contributed by atoms with Crippen LogP contribution >= 0.6 is 0 Å². The van der Waals surface area contributed by atoms with E-state index in [2.05, 4.69) is 10.9 Å². The molecule has 1 aliphatic rings. The van der Waals surface area contributed by atoms with Gasteiger partial charge in [0, 0.05) is 20.1 Å². The monoisotopic (exact) mass is 101 g/mol. The van der Waals surface area contributed by atoms with Crippen molar-refractivity contribution in [2.45, 2.75) is 12.6 Å². The molecular formula is C4H9N2O. The van der Waals surface area contributed by atoms with Crippen molar-refractivity contribution in [2.75, 3.05) is 7.11 Å². The normalized spacial score (nSPS) is 31.3. The number of hydrogen-bond acceptors (Lipinski definition) is 3. The summed E-state index contributed by atoms with van der Waals surface area (Å²) in [6, 6.07) is 0. The van der Waals surface area contributed by atoms with Crippen LogP contribution in [0.3, 0.4) is 0 Å². The molecule has 1 saturated heterocycles. The highest BCUT2D eigenvalue weighted by atomic mass is 16.5. The van der Waals surface area contributed by atoms with Crippen molar-refractivity contribution in [1.29, 1.82) is 0 Å². The van der Waals surface area contributed by atoms with Crippen LogP contribution < -0.4 is 10.9 Å². The summed E-state index contributed by atoms with van der Waals surface area (Å²) in [6.45, 7) is 1.92. The maximum Gasteiger partial charge on any atom is 0.121 e. The number of methoxy groups -OCH3 is 1. The molecule has 1 rings (SSSR count). The molecule has 0 spiro atoms. The molecular weight excluding hydrogens is 92.1 g/mol. The Kier molecular flexibility index (Phi) is 1.62. The van der Waals surface area contributed by atoms with Crippen LogP contribution in [0.15, 0.2) is 0 Å². The largest absolute Gasteiger partial charge is 0.365 e. The molecule has 0 aromatic rings. The number of nitrogens with one attached hydrogen (secondary N) is 2. The van der Waals surface area contributed by atoms with Gasteiger partial charge in [0.05, 0.1) is 0 Å². The Balaban J connectivity index is 2.14. The minimum Gasteiger partial charge on any atom is -0.365 e. The van der Waals surface area contributed by atoms with Crippen LogP contribution in [0.4, 0.5) is 0 Å². The molecule has 1 atom stereocenters. The van der Waals surface area contributed by atoms with Gasteiger partial charge in [0.25, 0.3) is 0 Å². The molecule has 0 saturated carbocycles. The smallest absolute Gasteiger partial charge is 0.121 e. The van der Waals surface area contributed by atoms with Gasteiger partial charge in [-0.1, -0.05) is 0 Å². The highest BCUT2D eigenvalue weighted by Gasteiger charge is 2.10. The van der Waals surface area contributed by atoms with E-state index < -0.39 is 0 Å². The van der Waals surface area contributed by atoms with Crippen molar-refractivity contribution in [3.8, 4) is 0 Å². The third kappa shape index (κ3) is 1.12. The van der Waals surface area contributed by atoms with E-state index in [1.54, 1.807) is 7.11 Å². The van der Waals surface area contributed by atoms with Gasteiger partial charge in [0.15, 0.2) is 0 Å². The van der Waals surface area contributed by atoms with Gasteiger partial charge in [-0.15, -0.1) is 0 Å². The molecule has 0 aromatic heterocycles. The quantitative estimate of drug-likeness (QED) is 0.472. The Morgan fingerprint density at radius 3 is 3.00 bits per heavy atom. The molecule has 1 radical (unpaired) electrons. The predicted octanol–water partition coefficient (Wildman–Crippen LogP) is -0.381. The lowest BCUT2D eigenvalue weighted by Gasteiger charge is -2.03. The molecule has 0 aliphatic carbocycles. The predicted molar refractivity (Wildman–Crippen MR) is 26.0 cm³/mol. The Labute approximate surface area is 43.0 Å². The molecule has 1 fully saturated rings. The lowest BCUT2D eigenvalue weighted by Crippen LogP contribution is -2.30. The van der Waals surface area contributed by atoms with Crippen LogP contribution in [0.25, 0.3) is 0 Å². The molecule has 1 heterocycles. The summed E-state index contributed by atoms with van der Waals surface area (Å²) in [5.74, 6) is 0. The van der Waals surface area contributed by atoms with E-state index >= 15 is 0 Å². The third-order valence-corrected chi connectivity index (χ3v) is 0.963. The fraction of sp³-hybridized carbons (Fsp3) is 0.750. The van der Waals surface area contributed by atoms with Crippen LogP contribution in [0.1, 0.15) is 6.42 Å². The van der Waals surface area contributed by atoms with Gasteiger partial charge >= 0.3 is 0 Å². The van der Waals surface area contributed by atoms with Crippen LogP contribution in [-0.2, 0) is 4.74 Å². The second-order valence-electron chi connectivity index (χ2n) is 1.45. The summed E-state index contributed by atoms with van der Waals surface area (Å²) < 4.78 is 4.91. The fourth-order valence-corrected chi connectivity index (χ4v) is 0.532. The average Bonchev–Trinajstić information content (AvgIpc) is 2.14. The fourth-order valence-electron chi connectivity index (χ4n) is 0.532. The first kappa shape index (κ1) is 5.03. The van der Waals surface area contributed by atoms with Crippen LogP contribution in [0, 0.1) is 6.54 Å². The van der Waals surface area contributed by atoms with Crippen LogP contribution in [0.2, 0.25) is 0 Å². The highest BCUT2D eigenvalue weighted by molar-refractivity contribution is 4.71. The summed E-state index contributed by atoms with van der Waals surface area (Å²) in [4.78, 5) is 0. The van der Waals surface area contributed by atoms with E-state index in [0.29, 0.717) is 0 Å².